The summed E-state index contributed by atoms with van der Waals surface area (Å²) in [6, 6.07) is 6.92. The van der Waals surface area contributed by atoms with Gasteiger partial charge in [0.05, 0.1) is 24.5 Å². The lowest BCUT2D eigenvalue weighted by Crippen LogP contribution is -2.53. The van der Waals surface area contributed by atoms with Crippen LogP contribution in [0.2, 0.25) is 0 Å². The van der Waals surface area contributed by atoms with E-state index in [1.165, 1.54) is 20.8 Å². The highest BCUT2D eigenvalue weighted by atomic mass is 16.5. The third-order valence-electron chi connectivity index (χ3n) is 4.64. The standard InChI is InChI=1S/C18H22O5/c1-10(19)15-14(21)9-18(3,22)17(11(2)20)16(15)12-5-7-13(23-4)8-6-12/h5-8,15-17,22H,9H2,1-4H3/t15-,16-,17+,18+/m0/s1. The molecule has 124 valence electrons. The molecule has 0 unspecified atom stereocenters. The predicted octanol–water partition coefficient (Wildman–Crippen LogP) is 1.91. The van der Waals surface area contributed by atoms with E-state index in [9.17, 15) is 19.5 Å². The van der Waals surface area contributed by atoms with Crippen molar-refractivity contribution in [3.05, 3.63) is 29.8 Å². The average molecular weight is 318 g/mol. The first-order chi connectivity index (χ1) is 10.7. The Bertz CT molecular complexity index is 629. The first-order valence-electron chi connectivity index (χ1n) is 7.59. The van der Waals surface area contributed by atoms with Crippen molar-refractivity contribution in [1.82, 2.24) is 0 Å². The summed E-state index contributed by atoms with van der Waals surface area (Å²) in [5.74, 6) is -2.55. The first-order valence-corrected chi connectivity index (χ1v) is 7.59. The van der Waals surface area contributed by atoms with Crippen LogP contribution in [0.5, 0.6) is 5.75 Å². The third-order valence-corrected chi connectivity index (χ3v) is 4.64. The zero-order valence-electron chi connectivity index (χ0n) is 13.8. The van der Waals surface area contributed by atoms with Gasteiger partial charge in [0, 0.05) is 12.3 Å². The van der Waals surface area contributed by atoms with Gasteiger partial charge in [-0.15, -0.1) is 0 Å². The van der Waals surface area contributed by atoms with Gasteiger partial charge < -0.3 is 9.84 Å². The van der Waals surface area contributed by atoms with Crippen LogP contribution < -0.4 is 4.74 Å². The van der Waals surface area contributed by atoms with Gasteiger partial charge in [-0.05, 0) is 38.5 Å². The Morgan fingerprint density at radius 1 is 1.17 bits per heavy atom. The van der Waals surface area contributed by atoms with E-state index in [0.29, 0.717) is 11.3 Å². The number of ether oxygens (including phenoxy) is 1. The van der Waals surface area contributed by atoms with Crippen LogP contribution in [0.4, 0.5) is 0 Å². The number of hydrogen-bond acceptors (Lipinski definition) is 5. The zero-order chi connectivity index (χ0) is 17.4. The summed E-state index contributed by atoms with van der Waals surface area (Å²) in [5, 5.41) is 10.6. The van der Waals surface area contributed by atoms with Crippen molar-refractivity contribution in [2.45, 2.75) is 38.7 Å². The van der Waals surface area contributed by atoms with E-state index in [-0.39, 0.29) is 23.8 Å². The highest BCUT2D eigenvalue weighted by Crippen LogP contribution is 2.46. The maximum absolute atomic E-state index is 12.4. The summed E-state index contributed by atoms with van der Waals surface area (Å²) in [5.41, 5.74) is -0.779. The molecule has 1 aromatic carbocycles. The van der Waals surface area contributed by atoms with Crippen LogP contribution in [0.15, 0.2) is 24.3 Å². The van der Waals surface area contributed by atoms with E-state index in [2.05, 4.69) is 0 Å². The smallest absolute Gasteiger partial charge is 0.146 e. The fraction of sp³-hybridized carbons (Fsp3) is 0.500. The van der Waals surface area contributed by atoms with Crippen LogP contribution in [-0.4, -0.2) is 35.2 Å². The highest BCUT2D eigenvalue weighted by molar-refractivity contribution is 6.05. The lowest BCUT2D eigenvalue weighted by Gasteiger charge is -2.44. The number of ketones is 3. The molecule has 5 nitrogen and oxygen atoms in total. The van der Waals surface area contributed by atoms with Crippen molar-refractivity contribution >= 4 is 17.3 Å². The minimum atomic E-state index is -1.46. The average Bonchev–Trinajstić information content (AvgIpc) is 2.44. The van der Waals surface area contributed by atoms with Crippen molar-refractivity contribution in [3.8, 4) is 5.75 Å². The van der Waals surface area contributed by atoms with Gasteiger partial charge in [0.15, 0.2) is 0 Å². The Balaban J connectivity index is 2.58. The Labute approximate surface area is 135 Å². The number of benzene rings is 1. The van der Waals surface area contributed by atoms with Crippen molar-refractivity contribution in [2.75, 3.05) is 7.11 Å². The van der Waals surface area contributed by atoms with Gasteiger partial charge in [-0.25, -0.2) is 0 Å². The molecule has 0 aliphatic heterocycles. The molecule has 4 atom stereocenters. The topological polar surface area (TPSA) is 80.7 Å². The van der Waals surface area contributed by atoms with Crippen molar-refractivity contribution in [1.29, 1.82) is 0 Å². The number of Topliss-reactive ketones (excluding diaryl/α,β-unsaturated/α-hetero) is 3. The number of aliphatic hydroxyl groups is 1. The van der Waals surface area contributed by atoms with Crippen LogP contribution in [0.3, 0.4) is 0 Å². The summed E-state index contributed by atoms with van der Waals surface area (Å²) < 4.78 is 5.12. The molecule has 5 heteroatoms. The van der Waals surface area contributed by atoms with Crippen LogP contribution in [-0.2, 0) is 14.4 Å². The molecule has 1 aliphatic carbocycles. The second kappa shape index (κ2) is 6.24. The molecule has 0 amide bonds. The van der Waals surface area contributed by atoms with Crippen LogP contribution >= 0.6 is 0 Å². The second-order valence-electron chi connectivity index (χ2n) is 6.48. The van der Waals surface area contributed by atoms with E-state index >= 15 is 0 Å². The molecular formula is C18H22O5. The highest BCUT2D eigenvalue weighted by Gasteiger charge is 2.53. The van der Waals surface area contributed by atoms with E-state index in [1.807, 2.05) is 0 Å². The molecule has 2 rings (SSSR count). The van der Waals surface area contributed by atoms with Gasteiger partial charge in [0.25, 0.3) is 0 Å². The Morgan fingerprint density at radius 2 is 1.74 bits per heavy atom. The third kappa shape index (κ3) is 3.20. The van der Waals surface area contributed by atoms with Crippen LogP contribution in [0, 0.1) is 11.8 Å². The Hall–Kier alpha value is -2.01. The molecule has 1 fully saturated rings. The Morgan fingerprint density at radius 3 is 2.17 bits per heavy atom. The first kappa shape index (κ1) is 17.3. The lowest BCUT2D eigenvalue weighted by molar-refractivity contribution is -0.151. The molecule has 0 aromatic heterocycles. The summed E-state index contributed by atoms with van der Waals surface area (Å²) in [4.78, 5) is 36.7. The zero-order valence-corrected chi connectivity index (χ0v) is 13.8. The monoisotopic (exact) mass is 318 g/mol. The minimum absolute atomic E-state index is 0.186. The molecule has 23 heavy (non-hydrogen) atoms. The summed E-state index contributed by atoms with van der Waals surface area (Å²) >= 11 is 0. The molecule has 0 radical (unpaired) electrons. The number of hydrogen-bond donors (Lipinski definition) is 1. The molecule has 0 saturated heterocycles. The number of methoxy groups -OCH3 is 1. The number of carbonyl (C=O) groups excluding carboxylic acids is 3. The molecule has 1 saturated carbocycles. The molecule has 0 spiro atoms. The quantitative estimate of drug-likeness (QED) is 0.858. The summed E-state index contributed by atoms with van der Waals surface area (Å²) in [6.07, 6.45) is -0.186. The van der Waals surface area contributed by atoms with Gasteiger partial charge >= 0.3 is 0 Å². The van der Waals surface area contributed by atoms with Gasteiger partial charge in [0.1, 0.15) is 23.1 Å². The van der Waals surface area contributed by atoms with E-state index in [1.54, 1.807) is 31.4 Å². The molecular weight excluding hydrogens is 296 g/mol. The fourth-order valence-electron chi connectivity index (χ4n) is 3.73. The SMILES string of the molecule is COc1ccc([C@H]2[C@@H](C(C)=O)C(=O)C[C@@](C)(O)[C@@H]2C(C)=O)cc1. The van der Waals surface area contributed by atoms with Crippen molar-refractivity contribution in [2.24, 2.45) is 11.8 Å². The number of carbonyl (C=O) groups is 3. The fourth-order valence-corrected chi connectivity index (χ4v) is 3.73. The summed E-state index contributed by atoms with van der Waals surface area (Å²) in [6.45, 7) is 4.24. The molecule has 0 bridgehead atoms. The second-order valence-corrected chi connectivity index (χ2v) is 6.48. The maximum Gasteiger partial charge on any atom is 0.146 e. The minimum Gasteiger partial charge on any atom is -0.497 e. The van der Waals surface area contributed by atoms with Crippen LogP contribution in [0.25, 0.3) is 0 Å². The molecule has 0 heterocycles. The van der Waals surface area contributed by atoms with Crippen molar-refractivity contribution < 1.29 is 24.2 Å². The summed E-state index contributed by atoms with van der Waals surface area (Å²) in [7, 11) is 1.54. The number of rotatable bonds is 4. The lowest BCUT2D eigenvalue weighted by atomic mass is 9.60. The van der Waals surface area contributed by atoms with Crippen LogP contribution in [0.1, 0.15) is 38.7 Å². The van der Waals surface area contributed by atoms with E-state index in [4.69, 9.17) is 4.74 Å². The predicted molar refractivity (Wildman–Crippen MR) is 84.3 cm³/mol. The van der Waals surface area contributed by atoms with Gasteiger partial charge in [0.2, 0.25) is 0 Å². The van der Waals surface area contributed by atoms with E-state index < -0.39 is 23.4 Å². The molecule has 1 N–H and O–H groups in total. The Kier molecular flexibility index (Phi) is 4.71. The van der Waals surface area contributed by atoms with E-state index in [0.717, 1.165) is 0 Å². The van der Waals surface area contributed by atoms with Gasteiger partial charge in [-0.2, -0.15) is 0 Å². The molecule has 1 aromatic rings. The van der Waals surface area contributed by atoms with Crippen molar-refractivity contribution in [3.63, 3.8) is 0 Å². The normalized spacial score (nSPS) is 30.8. The maximum atomic E-state index is 12.4. The largest absolute Gasteiger partial charge is 0.497 e. The molecule has 1 aliphatic rings. The van der Waals surface area contributed by atoms with Gasteiger partial charge in [-0.3, -0.25) is 14.4 Å². The van der Waals surface area contributed by atoms with Gasteiger partial charge in [-0.1, -0.05) is 12.1 Å².